The number of ether oxygens (including phenoxy) is 1. The molecule has 0 N–H and O–H groups in total. The van der Waals surface area contributed by atoms with Crippen LogP contribution in [0.3, 0.4) is 0 Å². The van der Waals surface area contributed by atoms with Crippen molar-refractivity contribution in [1.82, 2.24) is 9.97 Å². The first kappa shape index (κ1) is 12.5. The Morgan fingerprint density at radius 1 is 1.61 bits per heavy atom. The SMILES string of the molecule is CCOC(=O)C(C#N)c1ncnc2scc(C)c12. The van der Waals surface area contributed by atoms with Crippen LogP contribution in [0.4, 0.5) is 0 Å². The third kappa shape index (κ3) is 2.05. The third-order valence-electron chi connectivity index (χ3n) is 2.51. The fourth-order valence-corrected chi connectivity index (χ4v) is 2.61. The van der Waals surface area contributed by atoms with Crippen molar-refractivity contribution in [3.63, 3.8) is 0 Å². The first-order chi connectivity index (χ1) is 8.69. The molecule has 18 heavy (non-hydrogen) atoms. The number of aryl methyl sites for hydroxylation is 1. The van der Waals surface area contributed by atoms with Gasteiger partial charge < -0.3 is 4.74 Å². The molecule has 92 valence electrons. The second kappa shape index (κ2) is 5.10. The Hall–Kier alpha value is -2.00. The van der Waals surface area contributed by atoms with Crippen LogP contribution in [0.2, 0.25) is 0 Å². The quantitative estimate of drug-likeness (QED) is 0.791. The topological polar surface area (TPSA) is 75.9 Å². The van der Waals surface area contributed by atoms with E-state index in [1.165, 1.54) is 17.7 Å². The lowest BCUT2D eigenvalue weighted by Crippen LogP contribution is -2.16. The molecule has 0 saturated carbocycles. The van der Waals surface area contributed by atoms with E-state index in [-0.39, 0.29) is 6.61 Å². The number of thiophene rings is 1. The van der Waals surface area contributed by atoms with Gasteiger partial charge in [0.25, 0.3) is 0 Å². The van der Waals surface area contributed by atoms with E-state index in [0.29, 0.717) is 5.69 Å². The Kier molecular flexibility index (Phi) is 3.53. The molecule has 0 aliphatic heterocycles. The summed E-state index contributed by atoms with van der Waals surface area (Å²) in [5, 5.41) is 11.9. The monoisotopic (exact) mass is 261 g/mol. The molecule has 0 saturated heterocycles. The van der Waals surface area contributed by atoms with Crippen molar-refractivity contribution in [2.75, 3.05) is 6.61 Å². The zero-order valence-corrected chi connectivity index (χ0v) is 10.8. The summed E-state index contributed by atoms with van der Waals surface area (Å²) in [5.74, 6) is -1.56. The maximum absolute atomic E-state index is 11.7. The highest BCUT2D eigenvalue weighted by Crippen LogP contribution is 2.29. The van der Waals surface area contributed by atoms with Crippen LogP contribution in [0.15, 0.2) is 11.7 Å². The van der Waals surface area contributed by atoms with Gasteiger partial charge >= 0.3 is 5.97 Å². The van der Waals surface area contributed by atoms with Gasteiger partial charge in [0.1, 0.15) is 11.2 Å². The molecule has 1 atom stereocenters. The van der Waals surface area contributed by atoms with Gasteiger partial charge in [-0.05, 0) is 24.8 Å². The molecular weight excluding hydrogens is 250 g/mol. The Bertz CT molecular complexity index is 630. The first-order valence-electron chi connectivity index (χ1n) is 5.44. The van der Waals surface area contributed by atoms with Crippen molar-refractivity contribution in [1.29, 1.82) is 5.26 Å². The van der Waals surface area contributed by atoms with Crippen LogP contribution in [0.5, 0.6) is 0 Å². The number of rotatable bonds is 3. The van der Waals surface area contributed by atoms with Crippen LogP contribution in [0.25, 0.3) is 10.2 Å². The van der Waals surface area contributed by atoms with Crippen LogP contribution < -0.4 is 0 Å². The maximum Gasteiger partial charge on any atom is 0.329 e. The average Bonchev–Trinajstić information content (AvgIpc) is 2.73. The van der Waals surface area contributed by atoms with Gasteiger partial charge in [0.15, 0.2) is 5.92 Å². The van der Waals surface area contributed by atoms with E-state index >= 15 is 0 Å². The van der Waals surface area contributed by atoms with E-state index in [4.69, 9.17) is 10.00 Å². The van der Waals surface area contributed by atoms with Gasteiger partial charge in [0.2, 0.25) is 0 Å². The van der Waals surface area contributed by atoms with Crippen molar-refractivity contribution in [2.45, 2.75) is 19.8 Å². The first-order valence-corrected chi connectivity index (χ1v) is 6.32. The average molecular weight is 261 g/mol. The molecule has 2 rings (SSSR count). The standard InChI is InChI=1S/C12H11N3O2S/c1-3-17-12(16)8(4-13)10-9-7(2)5-18-11(9)15-6-14-10/h5-6,8H,3H2,1-2H3. The summed E-state index contributed by atoms with van der Waals surface area (Å²) in [6.07, 6.45) is 1.37. The Balaban J connectivity index is 2.55. The lowest BCUT2D eigenvalue weighted by Gasteiger charge is -2.09. The summed E-state index contributed by atoms with van der Waals surface area (Å²) in [4.78, 5) is 20.7. The van der Waals surface area contributed by atoms with Crippen molar-refractivity contribution in [3.05, 3.63) is 23.0 Å². The Morgan fingerprint density at radius 2 is 2.39 bits per heavy atom. The molecule has 0 aliphatic rings. The highest BCUT2D eigenvalue weighted by molar-refractivity contribution is 7.16. The van der Waals surface area contributed by atoms with Gasteiger partial charge in [-0.2, -0.15) is 5.26 Å². The number of nitrogens with zero attached hydrogens (tertiary/aromatic N) is 3. The number of nitriles is 1. The van der Waals surface area contributed by atoms with E-state index < -0.39 is 11.9 Å². The predicted molar refractivity (Wildman–Crippen MR) is 67.1 cm³/mol. The third-order valence-corrected chi connectivity index (χ3v) is 3.51. The highest BCUT2D eigenvalue weighted by Gasteiger charge is 2.26. The van der Waals surface area contributed by atoms with Gasteiger partial charge in [-0.15, -0.1) is 11.3 Å². The van der Waals surface area contributed by atoms with Crippen LogP contribution in [0.1, 0.15) is 24.1 Å². The number of aromatic nitrogens is 2. The maximum atomic E-state index is 11.7. The number of carbonyl (C=O) groups is 1. The molecule has 0 aromatic carbocycles. The summed E-state index contributed by atoms with van der Waals surface area (Å²) in [6, 6.07) is 1.95. The van der Waals surface area contributed by atoms with Crippen molar-refractivity contribution in [3.8, 4) is 6.07 Å². The number of fused-ring (bicyclic) bond motifs is 1. The fraction of sp³-hybridized carbons (Fsp3) is 0.333. The molecule has 2 aromatic rings. The van der Waals surface area contributed by atoms with Crippen molar-refractivity contribution >= 4 is 27.5 Å². The van der Waals surface area contributed by atoms with Gasteiger partial charge in [-0.1, -0.05) is 0 Å². The summed E-state index contributed by atoms with van der Waals surface area (Å²) >= 11 is 1.47. The molecule has 0 spiro atoms. The fourth-order valence-electron chi connectivity index (χ4n) is 1.72. The molecule has 2 aromatic heterocycles. The van der Waals surface area contributed by atoms with E-state index in [9.17, 15) is 4.79 Å². The van der Waals surface area contributed by atoms with Crippen molar-refractivity contribution in [2.24, 2.45) is 0 Å². The predicted octanol–water partition coefficient (Wildman–Crippen LogP) is 2.17. The summed E-state index contributed by atoms with van der Waals surface area (Å²) in [5.41, 5.74) is 1.40. The zero-order valence-electron chi connectivity index (χ0n) is 10.0. The Labute approximate surface area is 108 Å². The van der Waals surface area contributed by atoms with E-state index in [0.717, 1.165) is 15.8 Å². The largest absolute Gasteiger partial charge is 0.465 e. The minimum atomic E-state index is -0.997. The number of hydrogen-bond donors (Lipinski definition) is 0. The van der Waals surface area contributed by atoms with Gasteiger partial charge in [-0.25, -0.2) is 9.97 Å². The second-order valence-electron chi connectivity index (χ2n) is 3.67. The summed E-state index contributed by atoms with van der Waals surface area (Å²) in [7, 11) is 0. The molecule has 0 amide bonds. The minimum absolute atomic E-state index is 0.244. The normalized spacial score (nSPS) is 12.1. The van der Waals surface area contributed by atoms with E-state index in [1.54, 1.807) is 6.92 Å². The molecule has 0 radical (unpaired) electrons. The molecule has 5 nitrogen and oxygen atoms in total. The number of carbonyl (C=O) groups excluding carboxylic acids is 1. The molecule has 0 fully saturated rings. The highest BCUT2D eigenvalue weighted by atomic mass is 32.1. The van der Waals surface area contributed by atoms with E-state index in [2.05, 4.69) is 9.97 Å². The molecule has 1 unspecified atom stereocenters. The lowest BCUT2D eigenvalue weighted by atomic mass is 10.0. The minimum Gasteiger partial charge on any atom is -0.465 e. The van der Waals surface area contributed by atoms with Crippen LogP contribution in [-0.2, 0) is 9.53 Å². The van der Waals surface area contributed by atoms with Crippen LogP contribution in [-0.4, -0.2) is 22.5 Å². The summed E-state index contributed by atoms with van der Waals surface area (Å²) in [6.45, 7) is 3.86. The number of hydrogen-bond acceptors (Lipinski definition) is 6. The smallest absolute Gasteiger partial charge is 0.329 e. The molecule has 6 heteroatoms. The molecule has 0 bridgehead atoms. The van der Waals surface area contributed by atoms with Gasteiger partial charge in [0, 0.05) is 5.39 Å². The zero-order chi connectivity index (χ0) is 13.1. The van der Waals surface area contributed by atoms with Gasteiger partial charge in [-0.3, -0.25) is 4.79 Å². The molecule has 2 heterocycles. The van der Waals surface area contributed by atoms with E-state index in [1.807, 2.05) is 18.4 Å². The van der Waals surface area contributed by atoms with Crippen LogP contribution >= 0.6 is 11.3 Å². The molecule has 0 aliphatic carbocycles. The second-order valence-corrected chi connectivity index (χ2v) is 4.53. The number of esters is 1. The van der Waals surface area contributed by atoms with Crippen molar-refractivity contribution < 1.29 is 9.53 Å². The lowest BCUT2D eigenvalue weighted by molar-refractivity contribution is -0.143. The summed E-state index contributed by atoms with van der Waals surface area (Å²) < 4.78 is 4.90. The Morgan fingerprint density at radius 3 is 3.06 bits per heavy atom. The van der Waals surface area contributed by atoms with Gasteiger partial charge in [0.05, 0.1) is 18.4 Å². The molecular formula is C12H11N3O2S. The van der Waals surface area contributed by atoms with Crippen LogP contribution in [0, 0.1) is 18.3 Å².